The van der Waals surface area contributed by atoms with Crippen molar-refractivity contribution in [3.8, 4) is 0 Å². The van der Waals surface area contributed by atoms with Gasteiger partial charge in [-0.15, -0.1) is 0 Å². The fourth-order valence-electron chi connectivity index (χ4n) is 1.17. The Morgan fingerprint density at radius 3 is 2.53 bits per heavy atom. The van der Waals surface area contributed by atoms with E-state index in [2.05, 4.69) is 5.32 Å². The normalized spacial score (nSPS) is 11.4. The summed E-state index contributed by atoms with van der Waals surface area (Å²) in [5, 5.41) is 22.4. The smallest absolute Gasteiger partial charge is 0.295 e. The molecule has 0 aliphatic carbocycles. The number of nitro groups is 1. The molecule has 0 aliphatic rings. The van der Waals surface area contributed by atoms with Crippen LogP contribution in [0.3, 0.4) is 0 Å². The molecule has 0 spiro atoms. The van der Waals surface area contributed by atoms with E-state index >= 15 is 0 Å². The summed E-state index contributed by atoms with van der Waals surface area (Å²) in [6.07, 6.45) is 0. The second-order valence-corrected chi connectivity index (χ2v) is 4.18. The maximum absolute atomic E-state index is 13.4. The van der Waals surface area contributed by atoms with E-state index in [4.69, 9.17) is 0 Å². The highest BCUT2D eigenvalue weighted by Gasteiger charge is 2.23. The van der Waals surface area contributed by atoms with Gasteiger partial charge >= 0.3 is 0 Å². The number of aliphatic hydroxyl groups is 1. The van der Waals surface area contributed by atoms with Crippen molar-refractivity contribution < 1.29 is 18.8 Å². The maximum atomic E-state index is 13.4. The van der Waals surface area contributed by atoms with E-state index in [1.807, 2.05) is 0 Å². The van der Waals surface area contributed by atoms with Crippen LogP contribution in [0, 0.1) is 21.7 Å². The molecule has 0 saturated carbocycles. The van der Waals surface area contributed by atoms with Gasteiger partial charge in [0.2, 0.25) is 0 Å². The molecule has 0 atom stereocenters. The van der Waals surface area contributed by atoms with E-state index in [9.17, 15) is 24.0 Å². The fourth-order valence-corrected chi connectivity index (χ4v) is 1.17. The topological polar surface area (TPSA) is 75.4 Å². The van der Waals surface area contributed by atoms with Crippen molar-refractivity contribution in [2.75, 3.05) is 11.9 Å². The first-order chi connectivity index (χ1) is 7.72. The highest BCUT2D eigenvalue weighted by Crippen LogP contribution is 2.29. The van der Waals surface area contributed by atoms with E-state index in [0.29, 0.717) is 6.07 Å². The molecule has 1 aromatic rings. The minimum atomic E-state index is -1.33. The first-order valence-corrected chi connectivity index (χ1v) is 4.81. The van der Waals surface area contributed by atoms with E-state index in [1.54, 1.807) is 0 Å². The van der Waals surface area contributed by atoms with Crippen LogP contribution in [0.2, 0.25) is 0 Å². The molecule has 0 radical (unpaired) electrons. The van der Waals surface area contributed by atoms with Gasteiger partial charge in [0.05, 0.1) is 10.5 Å². The highest BCUT2D eigenvalue weighted by atomic mass is 19.2. The van der Waals surface area contributed by atoms with Crippen LogP contribution in [-0.2, 0) is 0 Å². The van der Waals surface area contributed by atoms with Crippen LogP contribution in [0.1, 0.15) is 13.8 Å². The molecular formula is C10H12F2N2O3. The predicted molar refractivity (Wildman–Crippen MR) is 57.8 cm³/mol. The Kier molecular flexibility index (Phi) is 3.62. The number of anilines is 1. The molecule has 1 rings (SSSR count). The number of rotatable bonds is 4. The SMILES string of the molecule is CC(C)(O)CNc1c([N+](=O)[O-])ccc(F)c1F. The number of nitrogens with zero attached hydrogens (tertiary/aromatic N) is 1. The largest absolute Gasteiger partial charge is 0.389 e. The molecule has 1 aromatic carbocycles. The van der Waals surface area contributed by atoms with Crippen LogP contribution in [0.5, 0.6) is 0 Å². The molecule has 7 heteroatoms. The van der Waals surface area contributed by atoms with Gasteiger partial charge in [-0.25, -0.2) is 8.78 Å². The zero-order valence-electron chi connectivity index (χ0n) is 9.33. The van der Waals surface area contributed by atoms with Crippen molar-refractivity contribution >= 4 is 11.4 Å². The first kappa shape index (κ1) is 13.3. The van der Waals surface area contributed by atoms with Crippen molar-refractivity contribution in [2.45, 2.75) is 19.4 Å². The van der Waals surface area contributed by atoms with Crippen molar-refractivity contribution in [1.29, 1.82) is 0 Å². The lowest BCUT2D eigenvalue weighted by atomic mass is 10.1. The number of nitrogens with one attached hydrogen (secondary N) is 1. The van der Waals surface area contributed by atoms with E-state index in [1.165, 1.54) is 13.8 Å². The Balaban J connectivity index is 3.11. The molecule has 0 bridgehead atoms. The molecule has 0 aliphatic heterocycles. The van der Waals surface area contributed by atoms with E-state index in [0.717, 1.165) is 6.07 Å². The van der Waals surface area contributed by atoms with Gasteiger partial charge in [0.25, 0.3) is 5.69 Å². The molecule has 0 aromatic heterocycles. The molecular weight excluding hydrogens is 234 g/mol. The van der Waals surface area contributed by atoms with Gasteiger partial charge in [0.15, 0.2) is 17.3 Å². The Morgan fingerprint density at radius 2 is 2.06 bits per heavy atom. The van der Waals surface area contributed by atoms with Gasteiger partial charge in [-0.05, 0) is 19.9 Å². The number of nitro benzene ring substituents is 1. The van der Waals surface area contributed by atoms with Crippen molar-refractivity contribution in [3.05, 3.63) is 33.9 Å². The van der Waals surface area contributed by atoms with Gasteiger partial charge in [0, 0.05) is 12.6 Å². The Morgan fingerprint density at radius 1 is 1.47 bits per heavy atom. The molecule has 2 N–H and O–H groups in total. The summed E-state index contributed by atoms with van der Waals surface area (Å²) in [6.45, 7) is 2.72. The molecule has 17 heavy (non-hydrogen) atoms. The third-order valence-corrected chi connectivity index (χ3v) is 1.97. The third-order valence-electron chi connectivity index (χ3n) is 1.97. The lowest BCUT2D eigenvalue weighted by molar-refractivity contribution is -0.384. The quantitative estimate of drug-likeness (QED) is 0.629. The van der Waals surface area contributed by atoms with Gasteiger partial charge in [-0.3, -0.25) is 10.1 Å². The van der Waals surface area contributed by atoms with E-state index in [-0.39, 0.29) is 6.54 Å². The molecule has 0 fully saturated rings. The number of halogens is 2. The number of benzene rings is 1. The summed E-state index contributed by atoms with van der Waals surface area (Å²) >= 11 is 0. The van der Waals surface area contributed by atoms with Crippen LogP contribution in [0.15, 0.2) is 12.1 Å². The molecule has 0 saturated heterocycles. The molecule has 0 unspecified atom stereocenters. The second kappa shape index (κ2) is 4.62. The average Bonchev–Trinajstić information content (AvgIpc) is 2.18. The minimum Gasteiger partial charge on any atom is -0.389 e. The Hall–Kier alpha value is -1.76. The zero-order chi connectivity index (χ0) is 13.2. The van der Waals surface area contributed by atoms with Crippen LogP contribution in [-0.4, -0.2) is 22.2 Å². The molecule has 0 amide bonds. The van der Waals surface area contributed by atoms with Gasteiger partial charge < -0.3 is 10.4 Å². The number of hydrogen-bond acceptors (Lipinski definition) is 4. The molecule has 5 nitrogen and oxygen atoms in total. The first-order valence-electron chi connectivity index (χ1n) is 4.81. The minimum absolute atomic E-state index is 0.145. The third kappa shape index (κ3) is 3.35. The Labute approximate surface area is 96.2 Å². The van der Waals surface area contributed by atoms with Crippen molar-refractivity contribution in [2.24, 2.45) is 0 Å². The van der Waals surface area contributed by atoms with Crippen molar-refractivity contribution in [1.82, 2.24) is 0 Å². The summed E-state index contributed by atoms with van der Waals surface area (Å²) < 4.78 is 26.3. The summed E-state index contributed by atoms with van der Waals surface area (Å²) in [7, 11) is 0. The molecule has 0 heterocycles. The van der Waals surface area contributed by atoms with Crippen LogP contribution in [0.4, 0.5) is 20.2 Å². The van der Waals surface area contributed by atoms with Crippen LogP contribution in [0.25, 0.3) is 0 Å². The van der Waals surface area contributed by atoms with Gasteiger partial charge in [-0.2, -0.15) is 0 Å². The monoisotopic (exact) mass is 246 g/mol. The standard InChI is InChI=1S/C10H12F2N2O3/c1-10(2,15)5-13-9-7(14(16)17)4-3-6(11)8(9)12/h3-4,13,15H,5H2,1-2H3. The highest BCUT2D eigenvalue weighted by molar-refractivity contribution is 5.62. The molecule has 94 valence electrons. The zero-order valence-corrected chi connectivity index (χ0v) is 9.33. The fraction of sp³-hybridized carbons (Fsp3) is 0.400. The van der Waals surface area contributed by atoms with Gasteiger partial charge in [0.1, 0.15) is 0 Å². The summed E-state index contributed by atoms with van der Waals surface area (Å²) in [6, 6.07) is 1.55. The van der Waals surface area contributed by atoms with Crippen LogP contribution < -0.4 is 5.32 Å². The summed E-state index contributed by atoms with van der Waals surface area (Å²) in [5.74, 6) is -2.52. The lowest BCUT2D eigenvalue weighted by Crippen LogP contribution is -2.30. The summed E-state index contributed by atoms with van der Waals surface area (Å²) in [4.78, 5) is 9.80. The van der Waals surface area contributed by atoms with Crippen molar-refractivity contribution in [3.63, 3.8) is 0 Å². The maximum Gasteiger partial charge on any atom is 0.295 e. The lowest BCUT2D eigenvalue weighted by Gasteiger charge is -2.18. The van der Waals surface area contributed by atoms with Crippen LogP contribution >= 0.6 is 0 Å². The Bertz CT molecular complexity index is 444. The average molecular weight is 246 g/mol. The van der Waals surface area contributed by atoms with E-state index < -0.39 is 33.5 Å². The predicted octanol–water partition coefficient (Wildman–Crippen LogP) is 2.06. The summed E-state index contributed by atoms with van der Waals surface area (Å²) in [5.41, 5.74) is -2.34. The number of hydrogen-bond donors (Lipinski definition) is 2. The van der Waals surface area contributed by atoms with Gasteiger partial charge in [-0.1, -0.05) is 0 Å². The second-order valence-electron chi connectivity index (χ2n) is 4.18.